The molecule has 0 atom stereocenters. The maximum atomic E-state index is 12.3. The van der Waals surface area contributed by atoms with E-state index in [0.717, 1.165) is 11.6 Å². The Hall–Kier alpha value is -2.22. The van der Waals surface area contributed by atoms with Crippen LogP contribution in [-0.2, 0) is 16.5 Å². The largest absolute Gasteiger partial charge is 0.534 e. The van der Waals surface area contributed by atoms with Gasteiger partial charge in [0.2, 0.25) is 0 Å². The van der Waals surface area contributed by atoms with Gasteiger partial charge in [0.15, 0.2) is 0 Å². The third kappa shape index (κ3) is 3.70. The molecule has 2 rings (SSSR count). The van der Waals surface area contributed by atoms with Crippen molar-refractivity contribution in [1.82, 2.24) is 0 Å². The van der Waals surface area contributed by atoms with E-state index in [0.29, 0.717) is 17.7 Å². The summed E-state index contributed by atoms with van der Waals surface area (Å²) in [6, 6.07) is 12.6. The van der Waals surface area contributed by atoms with Gasteiger partial charge < -0.3 is 9.92 Å². The van der Waals surface area contributed by atoms with Crippen molar-refractivity contribution in [3.8, 4) is 5.75 Å². The van der Waals surface area contributed by atoms with Gasteiger partial charge in [-0.15, -0.1) is 0 Å². The van der Waals surface area contributed by atoms with Gasteiger partial charge in [-0.3, -0.25) is 0 Å². The molecule has 0 radical (unpaired) electrons. The van der Waals surface area contributed by atoms with Crippen molar-refractivity contribution < 1.29 is 25.8 Å². The molecule has 0 aliphatic carbocycles. The number of benzene rings is 2. The molecule has 0 fully saturated rings. The molecule has 0 spiro atoms. The number of halogens is 3. The molecule has 2 N–H and O–H groups in total. The van der Waals surface area contributed by atoms with Crippen LogP contribution in [0.2, 0.25) is 0 Å². The Kier molecular flexibility index (Phi) is 4.32. The molecule has 2 aromatic carbocycles. The predicted octanol–water partition coefficient (Wildman–Crippen LogP) is 3.09. The third-order valence-corrected chi connectivity index (χ3v) is 3.82. The van der Waals surface area contributed by atoms with Gasteiger partial charge in [-0.25, -0.2) is 0 Å². The first-order valence-corrected chi connectivity index (χ1v) is 7.53. The summed E-state index contributed by atoms with van der Waals surface area (Å²) in [5.74, 6) is -0.433. The van der Waals surface area contributed by atoms with E-state index in [1.54, 1.807) is 12.1 Å². The summed E-state index contributed by atoms with van der Waals surface area (Å²) in [5, 5.41) is 0. The Labute approximate surface area is 125 Å². The summed E-state index contributed by atoms with van der Waals surface area (Å²) in [6.45, 7) is 0. The number of nitrogens with two attached hydrogens (primary N) is 1. The Morgan fingerprint density at radius 2 is 1.68 bits per heavy atom. The fourth-order valence-corrected chi connectivity index (χ4v) is 2.23. The molecule has 0 unspecified atom stereocenters. The average Bonchev–Trinajstić information content (AvgIpc) is 2.42. The molecule has 118 valence electrons. The van der Waals surface area contributed by atoms with Crippen LogP contribution in [0.5, 0.6) is 5.75 Å². The molecule has 0 saturated heterocycles. The van der Waals surface area contributed by atoms with Crippen LogP contribution >= 0.6 is 0 Å². The van der Waals surface area contributed by atoms with E-state index >= 15 is 0 Å². The number of hydrogen-bond acceptors (Lipinski definition) is 4. The lowest BCUT2D eigenvalue weighted by Gasteiger charge is -2.12. The Morgan fingerprint density at radius 1 is 1.05 bits per heavy atom. The van der Waals surface area contributed by atoms with Gasteiger partial charge >= 0.3 is 15.6 Å². The van der Waals surface area contributed by atoms with Gasteiger partial charge in [0, 0.05) is 5.69 Å². The van der Waals surface area contributed by atoms with E-state index < -0.39 is 21.4 Å². The highest BCUT2D eigenvalue weighted by atomic mass is 32.2. The Morgan fingerprint density at radius 3 is 2.27 bits per heavy atom. The minimum atomic E-state index is -5.69. The van der Waals surface area contributed by atoms with E-state index in [1.165, 1.54) is 12.1 Å². The summed E-state index contributed by atoms with van der Waals surface area (Å²) in [7, 11) is -5.69. The normalized spacial score (nSPS) is 12.1. The van der Waals surface area contributed by atoms with Gasteiger partial charge in [0.25, 0.3) is 0 Å². The molecule has 0 aliphatic heterocycles. The van der Waals surface area contributed by atoms with E-state index in [-0.39, 0.29) is 0 Å². The van der Waals surface area contributed by atoms with Crippen LogP contribution in [0.25, 0.3) is 0 Å². The lowest BCUT2D eigenvalue weighted by atomic mass is 10.0. The molecular formula is C14H12F3NO3S. The Balaban J connectivity index is 2.28. The molecule has 0 amide bonds. The third-order valence-electron chi connectivity index (χ3n) is 2.84. The Bertz CT molecular complexity index is 759. The standard InChI is InChI=1S/C14H12F3NO3S/c15-14(16,17)22(19,20)21-12-6-7-13(18)11(9-12)8-10-4-2-1-3-5-10/h1-7,9H,8,18H2. The van der Waals surface area contributed by atoms with E-state index in [2.05, 4.69) is 4.18 Å². The minimum absolute atomic E-state index is 0.334. The van der Waals surface area contributed by atoms with Crippen molar-refractivity contribution in [2.24, 2.45) is 0 Å². The second-order valence-electron chi connectivity index (χ2n) is 4.51. The molecule has 0 bridgehead atoms. The fraction of sp³-hybridized carbons (Fsp3) is 0.143. The fourth-order valence-electron chi connectivity index (χ4n) is 1.78. The SMILES string of the molecule is Nc1ccc(OS(=O)(=O)C(F)(F)F)cc1Cc1ccccc1. The first-order chi connectivity index (χ1) is 10.2. The molecule has 8 heteroatoms. The predicted molar refractivity (Wildman–Crippen MR) is 75.7 cm³/mol. The maximum Gasteiger partial charge on any atom is 0.534 e. The maximum absolute atomic E-state index is 12.3. The molecule has 0 heterocycles. The zero-order valence-electron chi connectivity index (χ0n) is 11.2. The molecule has 0 aromatic heterocycles. The second kappa shape index (κ2) is 5.88. The summed E-state index contributed by atoms with van der Waals surface area (Å²) in [5.41, 5.74) is 1.97. The molecule has 22 heavy (non-hydrogen) atoms. The van der Waals surface area contributed by atoms with Crippen LogP contribution in [0.15, 0.2) is 48.5 Å². The smallest absolute Gasteiger partial charge is 0.398 e. The van der Waals surface area contributed by atoms with Crippen molar-refractivity contribution in [2.45, 2.75) is 11.9 Å². The average molecular weight is 331 g/mol. The quantitative estimate of drug-likeness (QED) is 0.531. The van der Waals surface area contributed by atoms with Crippen LogP contribution in [-0.4, -0.2) is 13.9 Å². The first kappa shape index (κ1) is 16.2. The zero-order valence-corrected chi connectivity index (χ0v) is 12.0. The summed E-state index contributed by atoms with van der Waals surface area (Å²) < 4.78 is 63.0. The van der Waals surface area contributed by atoms with Crippen LogP contribution in [0.4, 0.5) is 18.9 Å². The number of nitrogen functional groups attached to an aromatic ring is 1. The molecule has 0 aliphatic rings. The monoisotopic (exact) mass is 331 g/mol. The van der Waals surface area contributed by atoms with Crippen LogP contribution in [0.1, 0.15) is 11.1 Å². The van der Waals surface area contributed by atoms with E-state index in [9.17, 15) is 21.6 Å². The molecular weight excluding hydrogens is 319 g/mol. The highest BCUT2D eigenvalue weighted by Crippen LogP contribution is 2.29. The first-order valence-electron chi connectivity index (χ1n) is 6.12. The lowest BCUT2D eigenvalue weighted by molar-refractivity contribution is -0.0500. The van der Waals surface area contributed by atoms with Crippen molar-refractivity contribution in [3.63, 3.8) is 0 Å². The minimum Gasteiger partial charge on any atom is -0.398 e. The lowest BCUT2D eigenvalue weighted by Crippen LogP contribution is -2.28. The van der Waals surface area contributed by atoms with Crippen LogP contribution in [0, 0.1) is 0 Å². The summed E-state index contributed by atoms with van der Waals surface area (Å²) >= 11 is 0. The highest BCUT2D eigenvalue weighted by molar-refractivity contribution is 7.88. The molecule has 2 aromatic rings. The van der Waals surface area contributed by atoms with Gasteiger partial charge in [-0.05, 0) is 35.7 Å². The van der Waals surface area contributed by atoms with Gasteiger partial charge in [0.1, 0.15) is 5.75 Å². The molecule has 4 nitrogen and oxygen atoms in total. The van der Waals surface area contributed by atoms with Gasteiger partial charge in [-0.1, -0.05) is 30.3 Å². The van der Waals surface area contributed by atoms with Crippen molar-refractivity contribution >= 4 is 15.8 Å². The van der Waals surface area contributed by atoms with Crippen molar-refractivity contribution in [2.75, 3.05) is 5.73 Å². The summed E-state index contributed by atoms with van der Waals surface area (Å²) in [4.78, 5) is 0. The number of rotatable bonds is 4. The van der Waals surface area contributed by atoms with E-state index in [1.807, 2.05) is 18.2 Å². The second-order valence-corrected chi connectivity index (χ2v) is 6.04. The topological polar surface area (TPSA) is 69.4 Å². The number of hydrogen-bond donors (Lipinski definition) is 1. The highest BCUT2D eigenvalue weighted by Gasteiger charge is 2.48. The van der Waals surface area contributed by atoms with Gasteiger partial charge in [-0.2, -0.15) is 21.6 Å². The van der Waals surface area contributed by atoms with Gasteiger partial charge in [0.05, 0.1) is 0 Å². The van der Waals surface area contributed by atoms with Crippen LogP contribution < -0.4 is 9.92 Å². The van der Waals surface area contributed by atoms with Crippen molar-refractivity contribution in [3.05, 3.63) is 59.7 Å². The zero-order chi connectivity index (χ0) is 16.4. The van der Waals surface area contributed by atoms with Crippen molar-refractivity contribution in [1.29, 1.82) is 0 Å². The molecule has 0 saturated carbocycles. The van der Waals surface area contributed by atoms with Crippen LogP contribution in [0.3, 0.4) is 0 Å². The number of alkyl halides is 3. The summed E-state index contributed by atoms with van der Waals surface area (Å²) in [6.07, 6.45) is 0.343. The van der Waals surface area contributed by atoms with E-state index in [4.69, 9.17) is 5.73 Å². The number of anilines is 1.